The fraction of sp³-hybridized carbons (Fsp3) is 0.292. The topological polar surface area (TPSA) is 55.7 Å². The molecule has 1 fully saturated rings. The molecule has 1 aliphatic carbocycles. The summed E-state index contributed by atoms with van der Waals surface area (Å²) in [7, 11) is 3.19. The lowest BCUT2D eigenvalue weighted by Crippen LogP contribution is -2.37. The quantitative estimate of drug-likeness (QED) is 0.588. The van der Waals surface area contributed by atoms with Crippen LogP contribution in [0.25, 0.3) is 0 Å². The summed E-state index contributed by atoms with van der Waals surface area (Å²) >= 11 is 0. The van der Waals surface area contributed by atoms with Crippen LogP contribution in [0.15, 0.2) is 66.9 Å². The van der Waals surface area contributed by atoms with Gasteiger partial charge in [0.2, 0.25) is 0 Å². The van der Waals surface area contributed by atoms with Gasteiger partial charge < -0.3 is 24.3 Å². The van der Waals surface area contributed by atoms with E-state index in [-0.39, 0.29) is 12.1 Å². The van der Waals surface area contributed by atoms with E-state index in [1.807, 2.05) is 35.2 Å². The van der Waals surface area contributed by atoms with Gasteiger partial charge in [-0.2, -0.15) is 0 Å². The summed E-state index contributed by atoms with van der Waals surface area (Å²) < 4.78 is 12.9. The Hall–Kier alpha value is -3.41. The molecule has 6 nitrogen and oxygen atoms in total. The van der Waals surface area contributed by atoms with E-state index in [4.69, 9.17) is 9.47 Å². The fourth-order valence-corrected chi connectivity index (χ4v) is 3.54. The van der Waals surface area contributed by atoms with E-state index >= 15 is 0 Å². The second-order valence-electron chi connectivity index (χ2n) is 7.47. The van der Waals surface area contributed by atoms with Crippen molar-refractivity contribution < 1.29 is 14.3 Å². The van der Waals surface area contributed by atoms with Gasteiger partial charge in [0.25, 0.3) is 0 Å². The molecule has 0 spiro atoms. The summed E-state index contributed by atoms with van der Waals surface area (Å²) in [5.41, 5.74) is 2.98. The largest absolute Gasteiger partial charge is 0.497 e. The van der Waals surface area contributed by atoms with Crippen molar-refractivity contribution in [2.75, 3.05) is 19.5 Å². The van der Waals surface area contributed by atoms with Crippen LogP contribution in [0.1, 0.15) is 24.1 Å². The molecule has 0 atom stereocenters. The molecule has 1 aromatic heterocycles. The fourth-order valence-electron chi connectivity index (χ4n) is 3.54. The number of rotatable bonds is 8. The minimum Gasteiger partial charge on any atom is -0.497 e. The lowest BCUT2D eigenvalue weighted by atomic mass is 10.2. The predicted octanol–water partition coefficient (Wildman–Crippen LogP) is 4.75. The van der Waals surface area contributed by atoms with Gasteiger partial charge in [0.1, 0.15) is 11.5 Å². The molecule has 0 bridgehead atoms. The molecule has 156 valence electrons. The first-order valence-electron chi connectivity index (χ1n) is 10.2. The average molecular weight is 405 g/mol. The molecule has 0 aliphatic heterocycles. The summed E-state index contributed by atoms with van der Waals surface area (Å²) in [5.74, 6) is 1.26. The molecular weight excluding hydrogens is 378 g/mol. The van der Waals surface area contributed by atoms with Crippen molar-refractivity contribution in [1.82, 2.24) is 9.47 Å². The molecule has 1 N–H and O–H groups in total. The second-order valence-corrected chi connectivity index (χ2v) is 7.47. The van der Waals surface area contributed by atoms with Crippen molar-refractivity contribution in [3.63, 3.8) is 0 Å². The Labute approximate surface area is 177 Å². The molecule has 30 heavy (non-hydrogen) atoms. The zero-order valence-corrected chi connectivity index (χ0v) is 17.4. The normalized spacial score (nSPS) is 13.0. The molecule has 2 amide bonds. The van der Waals surface area contributed by atoms with Crippen molar-refractivity contribution in [1.29, 1.82) is 0 Å². The minimum absolute atomic E-state index is 0.117. The third-order valence-electron chi connectivity index (χ3n) is 5.35. The average Bonchev–Trinajstić information content (AvgIpc) is 3.53. The van der Waals surface area contributed by atoms with Gasteiger partial charge in [-0.05, 0) is 42.7 Å². The predicted molar refractivity (Wildman–Crippen MR) is 117 cm³/mol. The van der Waals surface area contributed by atoms with Crippen molar-refractivity contribution in [3.05, 3.63) is 78.1 Å². The Kier molecular flexibility index (Phi) is 5.93. The molecule has 1 heterocycles. The van der Waals surface area contributed by atoms with Crippen molar-refractivity contribution in [2.45, 2.75) is 32.0 Å². The van der Waals surface area contributed by atoms with Crippen molar-refractivity contribution in [3.8, 4) is 11.5 Å². The highest BCUT2D eigenvalue weighted by atomic mass is 16.5. The maximum atomic E-state index is 13.1. The molecule has 6 heteroatoms. The highest BCUT2D eigenvalue weighted by molar-refractivity contribution is 5.91. The Morgan fingerprint density at radius 3 is 2.57 bits per heavy atom. The highest BCUT2D eigenvalue weighted by Crippen LogP contribution is 2.32. The summed E-state index contributed by atoms with van der Waals surface area (Å²) in [4.78, 5) is 15.0. The van der Waals surface area contributed by atoms with E-state index in [1.54, 1.807) is 26.4 Å². The number of hydrogen-bond acceptors (Lipinski definition) is 3. The van der Waals surface area contributed by atoms with Gasteiger partial charge in [0, 0.05) is 30.5 Å². The van der Waals surface area contributed by atoms with Crippen LogP contribution in [-0.4, -0.2) is 35.8 Å². The number of amides is 2. The molecule has 0 unspecified atom stereocenters. The molecule has 2 aromatic carbocycles. The first kappa shape index (κ1) is 19.9. The summed E-state index contributed by atoms with van der Waals surface area (Å²) in [6.07, 6.45) is 4.14. The van der Waals surface area contributed by atoms with Gasteiger partial charge in [-0.1, -0.05) is 30.3 Å². The maximum Gasteiger partial charge on any atom is 0.322 e. The third-order valence-corrected chi connectivity index (χ3v) is 5.35. The minimum atomic E-state index is -0.117. The number of urea groups is 1. The van der Waals surface area contributed by atoms with E-state index in [2.05, 4.69) is 34.3 Å². The SMILES string of the molecule is COc1ccc(NC(=O)N(Cc2cccn2Cc2ccccc2)C2CC2)c(OC)c1. The van der Waals surface area contributed by atoms with E-state index in [0.29, 0.717) is 23.7 Å². The zero-order valence-electron chi connectivity index (χ0n) is 17.4. The van der Waals surface area contributed by atoms with Crippen LogP contribution in [0.5, 0.6) is 11.5 Å². The van der Waals surface area contributed by atoms with Gasteiger partial charge in [-0.3, -0.25) is 0 Å². The van der Waals surface area contributed by atoms with E-state index < -0.39 is 0 Å². The number of carbonyl (C=O) groups is 1. The standard InChI is InChI=1S/C24H27N3O3/c1-29-21-12-13-22(23(15-21)30-2)25-24(28)27(19-10-11-19)17-20-9-6-14-26(20)16-18-7-4-3-5-8-18/h3-9,12-15,19H,10-11,16-17H2,1-2H3,(H,25,28). The number of benzene rings is 2. The number of anilines is 1. The molecule has 0 radical (unpaired) electrons. The van der Waals surface area contributed by atoms with Crippen LogP contribution < -0.4 is 14.8 Å². The molecule has 0 saturated heterocycles. The molecule has 4 rings (SSSR count). The summed E-state index contributed by atoms with van der Waals surface area (Å²) in [6, 6.07) is 20.0. The van der Waals surface area contributed by atoms with Crippen LogP contribution in [-0.2, 0) is 13.1 Å². The van der Waals surface area contributed by atoms with Crippen LogP contribution in [0, 0.1) is 0 Å². The Bertz CT molecular complexity index is 996. The number of carbonyl (C=O) groups excluding carboxylic acids is 1. The third kappa shape index (κ3) is 4.59. The number of aromatic nitrogens is 1. The van der Waals surface area contributed by atoms with Crippen LogP contribution in [0.3, 0.4) is 0 Å². The van der Waals surface area contributed by atoms with E-state index in [9.17, 15) is 4.79 Å². The second kappa shape index (κ2) is 8.95. The number of methoxy groups -OCH3 is 2. The maximum absolute atomic E-state index is 13.1. The van der Waals surface area contributed by atoms with Crippen LogP contribution in [0.2, 0.25) is 0 Å². The van der Waals surface area contributed by atoms with Crippen LogP contribution >= 0.6 is 0 Å². The van der Waals surface area contributed by atoms with Gasteiger partial charge >= 0.3 is 6.03 Å². The smallest absolute Gasteiger partial charge is 0.322 e. The Morgan fingerprint density at radius 2 is 1.87 bits per heavy atom. The molecule has 1 aliphatic rings. The Morgan fingerprint density at radius 1 is 1.07 bits per heavy atom. The zero-order chi connectivity index (χ0) is 20.9. The summed E-state index contributed by atoms with van der Waals surface area (Å²) in [6.45, 7) is 1.35. The van der Waals surface area contributed by atoms with Gasteiger partial charge in [0.05, 0.1) is 26.5 Å². The van der Waals surface area contributed by atoms with Crippen molar-refractivity contribution >= 4 is 11.7 Å². The van der Waals surface area contributed by atoms with Gasteiger partial charge in [0.15, 0.2) is 0 Å². The molecular formula is C24H27N3O3. The lowest BCUT2D eigenvalue weighted by molar-refractivity contribution is 0.204. The first-order chi connectivity index (χ1) is 14.7. The van der Waals surface area contributed by atoms with Gasteiger partial charge in [-0.15, -0.1) is 0 Å². The molecule has 1 saturated carbocycles. The number of nitrogens with one attached hydrogen (secondary N) is 1. The lowest BCUT2D eigenvalue weighted by Gasteiger charge is -2.24. The number of hydrogen-bond donors (Lipinski definition) is 1. The summed E-state index contributed by atoms with van der Waals surface area (Å²) in [5, 5.41) is 3.01. The Balaban J connectivity index is 1.49. The monoisotopic (exact) mass is 405 g/mol. The molecule has 3 aromatic rings. The van der Waals surface area contributed by atoms with E-state index in [1.165, 1.54) is 5.56 Å². The van der Waals surface area contributed by atoms with Crippen molar-refractivity contribution in [2.24, 2.45) is 0 Å². The first-order valence-corrected chi connectivity index (χ1v) is 10.2. The number of ether oxygens (including phenoxy) is 2. The van der Waals surface area contributed by atoms with Crippen LogP contribution in [0.4, 0.5) is 10.5 Å². The highest BCUT2D eigenvalue weighted by Gasteiger charge is 2.33. The number of nitrogens with zero attached hydrogens (tertiary/aromatic N) is 2. The van der Waals surface area contributed by atoms with E-state index in [0.717, 1.165) is 25.1 Å². The van der Waals surface area contributed by atoms with Gasteiger partial charge in [-0.25, -0.2) is 4.79 Å².